The van der Waals surface area contributed by atoms with Crippen LogP contribution in [0.3, 0.4) is 0 Å². The first-order valence-electron chi connectivity index (χ1n) is 25.5. The molecule has 428 valence electrons. The number of unbranched alkanes of at least 4 members (excludes halogenated alkanes) is 1. The standard InChI is InChI=1S/C54H66ClN11O12S2/c1-65-41(26-31-12-20-35(68)21-13-31)50(74)62-39(25-29-6-14-32(15-7-29)46(58)70)49(73)60-37(5-3-4-22-56)53(77)66(2)43-44(69)45(42(64-52(43)76)51(75)61-38(47(59)71)24-30-10-18-34(67)19-11-30)80-79-27-40(54(65)78)63-48(72)36(57)23-28-8-16-33(55)17-9-28/h6-21,36-45,67-69H,3-5,22-27,56-57H2,1-2H3,(H2,58,70)(H2,59,71)(H,60,73)(H,61,75)(H,62,74)(H,63,72)(H,64,76)/t36-,37-,38+,39+,40+,41-,42-,43-,44-,45?/m0/s1. The van der Waals surface area contributed by atoms with Crippen molar-refractivity contribution in [1.29, 1.82) is 0 Å². The number of carbonyl (C=O) groups is 9. The van der Waals surface area contributed by atoms with Crippen molar-refractivity contribution in [3.05, 3.63) is 130 Å². The van der Waals surface area contributed by atoms with Crippen LogP contribution >= 0.6 is 33.2 Å². The molecule has 0 radical (unpaired) electrons. The lowest BCUT2D eigenvalue weighted by molar-refractivity contribution is -0.150. The van der Waals surface area contributed by atoms with E-state index in [0.717, 1.165) is 31.4 Å². The van der Waals surface area contributed by atoms with Crippen molar-refractivity contribution in [2.24, 2.45) is 22.9 Å². The van der Waals surface area contributed by atoms with Crippen LogP contribution in [0.1, 0.15) is 51.9 Å². The highest BCUT2D eigenvalue weighted by molar-refractivity contribution is 8.77. The van der Waals surface area contributed by atoms with Crippen molar-refractivity contribution in [3.63, 3.8) is 0 Å². The maximum Gasteiger partial charge on any atom is 0.248 e. The second-order valence-corrected chi connectivity index (χ2v) is 22.6. The Morgan fingerprint density at radius 1 is 0.713 bits per heavy atom. The van der Waals surface area contributed by atoms with Crippen LogP contribution in [0.2, 0.25) is 5.02 Å². The monoisotopic (exact) mass is 1160 g/mol. The molecule has 6 rings (SSSR count). The van der Waals surface area contributed by atoms with Crippen molar-refractivity contribution in [2.75, 3.05) is 26.4 Å². The van der Waals surface area contributed by atoms with Gasteiger partial charge in [0.25, 0.3) is 0 Å². The van der Waals surface area contributed by atoms with Crippen LogP contribution in [0.4, 0.5) is 0 Å². The summed E-state index contributed by atoms with van der Waals surface area (Å²) in [7, 11) is 4.24. The number of nitrogens with zero attached hydrogens (tertiary/aromatic N) is 2. The van der Waals surface area contributed by atoms with Gasteiger partial charge in [-0.25, -0.2) is 0 Å². The molecule has 4 aromatic carbocycles. The molecule has 23 nitrogen and oxygen atoms in total. The molecular weight excluding hydrogens is 1090 g/mol. The molecule has 0 aliphatic carbocycles. The number of piperidine rings is 1. The number of phenolic OH excluding ortho intramolecular Hbond substituents is 2. The number of aliphatic hydroxyl groups excluding tert-OH is 1. The van der Waals surface area contributed by atoms with E-state index in [9.17, 15) is 53.7 Å². The topological polar surface area (TPSA) is 385 Å². The van der Waals surface area contributed by atoms with Gasteiger partial charge in [-0.1, -0.05) is 81.7 Å². The van der Waals surface area contributed by atoms with Crippen LogP contribution in [0.15, 0.2) is 97.1 Å². The van der Waals surface area contributed by atoms with E-state index >= 15 is 4.79 Å². The van der Waals surface area contributed by atoms with Crippen LogP contribution in [0, 0.1) is 0 Å². The third-order valence-electron chi connectivity index (χ3n) is 13.7. The Labute approximate surface area is 474 Å². The number of hydrogen-bond acceptors (Lipinski definition) is 16. The normalized spacial score (nSPS) is 23.1. The molecule has 2 bridgehead atoms. The van der Waals surface area contributed by atoms with Gasteiger partial charge in [-0.15, -0.1) is 0 Å². The summed E-state index contributed by atoms with van der Waals surface area (Å²) in [5, 5.41) is 44.8. The highest BCUT2D eigenvalue weighted by atomic mass is 35.5. The van der Waals surface area contributed by atoms with Crippen molar-refractivity contribution in [1.82, 2.24) is 36.4 Å². The number of halogens is 1. The van der Waals surface area contributed by atoms with Gasteiger partial charge in [-0.3, -0.25) is 43.2 Å². The number of likely N-dealkylation sites (N-methyl/N-ethyl adjacent to an activating group) is 2. The van der Waals surface area contributed by atoms with Gasteiger partial charge in [0, 0.05) is 49.7 Å². The Kier molecular flexibility index (Phi) is 22.1. The number of amides is 9. The van der Waals surface area contributed by atoms with Gasteiger partial charge in [-0.2, -0.15) is 0 Å². The number of benzene rings is 4. The molecule has 16 N–H and O–H groups in total. The zero-order chi connectivity index (χ0) is 58.4. The summed E-state index contributed by atoms with van der Waals surface area (Å²) in [6.45, 7) is 0.218. The fraction of sp³-hybridized carbons (Fsp3) is 0.389. The SMILES string of the molecule is CN1C(=O)[C@H](CCCCN)NC(=O)[C@@H](Cc2ccc(C(N)=O)cc2)NC(=O)[C@H](Cc2ccc(O)cc2)N(C)C(=O)[C@H](NC(=O)[C@@H](N)Cc2ccc(Cl)cc2)CSSC2[C@@H](C(=O)N[C@H](Cc3ccc(O)cc3)C(N)=O)NC(=O)[C@@H]1[C@@H]2O. The number of fused-ring (bicyclic) bond motifs is 2. The average Bonchev–Trinajstić information content (AvgIpc) is 3.42. The van der Waals surface area contributed by atoms with Gasteiger partial charge in [0.05, 0.1) is 17.4 Å². The minimum Gasteiger partial charge on any atom is -0.508 e. The number of aliphatic hydroxyl groups is 1. The number of carbonyl (C=O) groups excluding carboxylic acids is 9. The number of primary amides is 2. The molecule has 2 saturated heterocycles. The van der Waals surface area contributed by atoms with Gasteiger partial charge in [0.15, 0.2) is 0 Å². The maximum atomic E-state index is 15.1. The molecule has 4 aromatic rings. The van der Waals surface area contributed by atoms with Crippen LogP contribution in [0.25, 0.3) is 0 Å². The molecule has 26 heteroatoms. The van der Waals surface area contributed by atoms with Crippen molar-refractivity contribution >= 4 is 86.4 Å². The van der Waals surface area contributed by atoms with Crippen LogP contribution < -0.4 is 49.5 Å². The van der Waals surface area contributed by atoms with E-state index in [1.165, 1.54) is 86.9 Å². The second-order valence-electron chi connectivity index (χ2n) is 19.6. The summed E-state index contributed by atoms with van der Waals surface area (Å²) in [4.78, 5) is 129. The molecule has 1 unspecified atom stereocenters. The molecule has 0 aromatic heterocycles. The molecule has 2 aliphatic rings. The largest absolute Gasteiger partial charge is 0.508 e. The molecule has 2 aliphatic heterocycles. The number of phenols is 2. The minimum absolute atomic E-state index is 0.00748. The fourth-order valence-electron chi connectivity index (χ4n) is 9.13. The van der Waals surface area contributed by atoms with E-state index in [0.29, 0.717) is 40.1 Å². The number of hydrogen-bond donors (Lipinski definition) is 12. The van der Waals surface area contributed by atoms with E-state index in [-0.39, 0.29) is 61.5 Å². The van der Waals surface area contributed by atoms with Crippen LogP contribution in [0.5, 0.6) is 11.5 Å². The quantitative estimate of drug-likeness (QED) is 0.0432. The van der Waals surface area contributed by atoms with Gasteiger partial charge in [0.2, 0.25) is 53.2 Å². The molecular formula is C54H66ClN11O12S2. The average molecular weight is 1160 g/mol. The van der Waals surface area contributed by atoms with E-state index in [1.54, 1.807) is 24.3 Å². The Hall–Kier alpha value is -7.42. The molecule has 2 fully saturated rings. The third-order valence-corrected chi connectivity index (χ3v) is 16.8. The van der Waals surface area contributed by atoms with Gasteiger partial charge in [-0.05, 0) is 103 Å². The highest BCUT2D eigenvalue weighted by Gasteiger charge is 2.51. The van der Waals surface area contributed by atoms with E-state index in [4.69, 9.17) is 34.5 Å². The summed E-state index contributed by atoms with van der Waals surface area (Å²) >= 11 is 6.09. The Morgan fingerprint density at radius 2 is 1.27 bits per heavy atom. The van der Waals surface area contributed by atoms with Crippen molar-refractivity contribution in [2.45, 2.75) is 105 Å². The van der Waals surface area contributed by atoms with Gasteiger partial charge >= 0.3 is 0 Å². The summed E-state index contributed by atoms with van der Waals surface area (Å²) in [6.07, 6.45) is -1.78. The van der Waals surface area contributed by atoms with Gasteiger partial charge in [0.1, 0.15) is 53.8 Å². The lowest BCUT2D eigenvalue weighted by atomic mass is 9.93. The second kappa shape index (κ2) is 28.6. The number of nitrogens with two attached hydrogens (primary N) is 4. The zero-order valence-electron chi connectivity index (χ0n) is 43.8. The number of nitrogens with one attached hydrogen (secondary N) is 5. The van der Waals surface area contributed by atoms with Crippen molar-refractivity contribution in [3.8, 4) is 11.5 Å². The molecule has 9 amide bonds. The minimum atomic E-state index is -1.88. The fourth-order valence-corrected chi connectivity index (χ4v) is 12.2. The first-order chi connectivity index (χ1) is 38.0. The Balaban J connectivity index is 1.44. The molecule has 0 saturated carbocycles. The third kappa shape index (κ3) is 16.6. The smallest absolute Gasteiger partial charge is 0.248 e. The Bertz CT molecular complexity index is 2870. The summed E-state index contributed by atoms with van der Waals surface area (Å²) < 4.78 is 0. The lowest BCUT2D eigenvalue weighted by Gasteiger charge is -2.43. The summed E-state index contributed by atoms with van der Waals surface area (Å²) in [6, 6.07) is 12.2. The molecule has 2 heterocycles. The molecule has 80 heavy (non-hydrogen) atoms. The van der Waals surface area contributed by atoms with E-state index < -0.39 is 113 Å². The summed E-state index contributed by atoms with van der Waals surface area (Å²) in [5.41, 5.74) is 25.7. The first kappa shape index (κ1) is 61.8. The van der Waals surface area contributed by atoms with E-state index in [2.05, 4.69) is 26.6 Å². The Morgan fingerprint density at radius 3 is 1.88 bits per heavy atom. The number of rotatable bonds is 18. The van der Waals surface area contributed by atoms with E-state index in [1.807, 2.05) is 0 Å². The highest BCUT2D eigenvalue weighted by Crippen LogP contribution is 2.36. The number of aromatic hydroxyl groups is 2. The first-order valence-corrected chi connectivity index (χ1v) is 28.3. The van der Waals surface area contributed by atoms with Crippen LogP contribution in [-0.2, 0) is 64.0 Å². The molecule has 0 spiro atoms. The predicted molar refractivity (Wildman–Crippen MR) is 300 cm³/mol. The lowest BCUT2D eigenvalue weighted by Crippen LogP contribution is -2.71. The van der Waals surface area contributed by atoms with Crippen LogP contribution in [-0.4, -0.2) is 164 Å². The van der Waals surface area contributed by atoms with Gasteiger partial charge < -0.3 is 74.6 Å². The predicted octanol–water partition coefficient (Wildman–Crippen LogP) is -0.722. The molecule has 10 atom stereocenters. The zero-order valence-corrected chi connectivity index (χ0v) is 46.2. The van der Waals surface area contributed by atoms with Crippen molar-refractivity contribution < 1.29 is 58.5 Å². The maximum absolute atomic E-state index is 15.1. The summed E-state index contributed by atoms with van der Waals surface area (Å²) in [5.74, 6) is -8.33.